The summed E-state index contributed by atoms with van der Waals surface area (Å²) in [5.41, 5.74) is 2.85. The first-order chi connectivity index (χ1) is 23.8. The molecule has 0 aliphatic carbocycles. The monoisotopic (exact) mass is 650 g/mol. The van der Waals surface area contributed by atoms with Crippen LogP contribution in [0.1, 0.15) is 43.0 Å². The predicted octanol–water partition coefficient (Wildman–Crippen LogP) is 8.32. The third-order valence-corrected chi connectivity index (χ3v) is 8.04. The number of rotatable bonds is 10. The van der Waals surface area contributed by atoms with Gasteiger partial charge in [-0.1, -0.05) is 84.9 Å². The Bertz CT molecular complexity index is 1960. The molecule has 0 aromatic heterocycles. The zero-order valence-corrected chi connectivity index (χ0v) is 25.7. The van der Waals surface area contributed by atoms with Gasteiger partial charge in [-0.2, -0.15) is 0 Å². The van der Waals surface area contributed by atoms with Crippen molar-refractivity contribution in [2.24, 2.45) is 0 Å². The predicted molar refractivity (Wildman–Crippen MR) is 181 cm³/mol. The summed E-state index contributed by atoms with van der Waals surface area (Å²) in [5.74, 6) is -0.732. The lowest BCUT2D eigenvalue weighted by molar-refractivity contribution is -0.385. The summed E-state index contributed by atoms with van der Waals surface area (Å²) in [4.78, 5) is 46.5. The molecule has 6 aromatic carbocycles. The van der Waals surface area contributed by atoms with Crippen molar-refractivity contribution >= 4 is 23.3 Å². The van der Waals surface area contributed by atoms with Crippen molar-refractivity contribution in [3.05, 3.63) is 211 Å². The maximum atomic E-state index is 12.8. The molecule has 0 fully saturated rings. The van der Waals surface area contributed by atoms with Crippen LogP contribution in [0, 0.1) is 20.2 Å². The molecule has 6 rings (SSSR count). The highest BCUT2D eigenvalue weighted by Gasteiger charge is 2.38. The summed E-state index contributed by atoms with van der Waals surface area (Å²) in [5, 5.41) is 22.0. The highest BCUT2D eigenvalue weighted by molar-refractivity contribution is 5.92. The van der Waals surface area contributed by atoms with Crippen LogP contribution < -0.4 is 9.47 Å². The van der Waals surface area contributed by atoms with Crippen LogP contribution in [-0.4, -0.2) is 21.8 Å². The lowest BCUT2D eigenvalue weighted by Gasteiger charge is -2.37. The van der Waals surface area contributed by atoms with E-state index in [1.165, 1.54) is 48.5 Å². The Morgan fingerprint density at radius 3 is 1.04 bits per heavy atom. The number of nitro groups is 2. The van der Waals surface area contributed by atoms with Crippen LogP contribution in [0.25, 0.3) is 0 Å². The van der Waals surface area contributed by atoms with Gasteiger partial charge < -0.3 is 9.47 Å². The fourth-order valence-corrected chi connectivity index (χ4v) is 5.69. The van der Waals surface area contributed by atoms with Gasteiger partial charge in [0.25, 0.3) is 11.4 Å². The summed E-state index contributed by atoms with van der Waals surface area (Å²) in [6.45, 7) is 0. The number of carbonyl (C=O) groups excluding carboxylic acids is 2. The molecule has 0 N–H and O–H groups in total. The average molecular weight is 651 g/mol. The van der Waals surface area contributed by atoms with Crippen molar-refractivity contribution in [3.63, 3.8) is 0 Å². The number of hydrogen-bond acceptors (Lipinski definition) is 8. The van der Waals surface area contributed by atoms with Gasteiger partial charge in [-0.25, -0.2) is 9.59 Å². The van der Waals surface area contributed by atoms with Crippen molar-refractivity contribution in [2.75, 3.05) is 0 Å². The quantitative estimate of drug-likeness (QED) is 0.0474. The fourth-order valence-electron chi connectivity index (χ4n) is 5.69. The Kier molecular flexibility index (Phi) is 9.03. The lowest BCUT2D eigenvalue weighted by atomic mass is 9.65. The van der Waals surface area contributed by atoms with E-state index in [1.807, 2.05) is 84.9 Å². The van der Waals surface area contributed by atoms with E-state index in [-0.39, 0.29) is 34.0 Å². The standard InChI is InChI=1S/C39H26N2O8/c42-37(27-11-19-33(20-12-27)40(44)45)48-35-23-15-31(16-24-35)39(29-7-3-1-4-8-29,30-9-5-2-6-10-30)32-17-25-36(26-18-32)49-38(43)28-13-21-34(22-14-28)41(46)47/h1-26H. The molecule has 10 nitrogen and oxygen atoms in total. The molecule has 6 aromatic rings. The van der Waals surface area contributed by atoms with Gasteiger partial charge in [0.1, 0.15) is 11.5 Å². The van der Waals surface area contributed by atoms with Crippen LogP contribution in [0.3, 0.4) is 0 Å². The summed E-state index contributed by atoms with van der Waals surface area (Å²) in [7, 11) is 0. The van der Waals surface area contributed by atoms with Gasteiger partial charge in [-0.05, 0) is 70.8 Å². The highest BCUT2D eigenvalue weighted by atomic mass is 16.6. The number of nitrogens with zero attached hydrogens (tertiary/aromatic N) is 2. The molecule has 0 bridgehead atoms. The Balaban J connectivity index is 1.35. The molecule has 0 saturated heterocycles. The highest BCUT2D eigenvalue weighted by Crippen LogP contribution is 2.45. The van der Waals surface area contributed by atoms with Gasteiger partial charge in [-0.3, -0.25) is 20.2 Å². The summed E-state index contributed by atoms with van der Waals surface area (Å²) < 4.78 is 11.2. The SMILES string of the molecule is O=C(Oc1ccc(C(c2ccccc2)(c2ccccc2)c2ccc(OC(=O)c3ccc([N+](=O)[O-])cc3)cc2)cc1)c1ccc([N+](=O)[O-])cc1. The summed E-state index contributed by atoms with van der Waals surface area (Å²) in [6, 6.07) is 44.4. The number of benzene rings is 6. The van der Waals surface area contributed by atoms with Gasteiger partial charge in [0.05, 0.1) is 26.4 Å². The van der Waals surface area contributed by atoms with Crippen LogP contribution in [-0.2, 0) is 5.41 Å². The summed E-state index contributed by atoms with van der Waals surface area (Å²) in [6.07, 6.45) is 0. The number of carbonyl (C=O) groups is 2. The molecular formula is C39H26N2O8. The van der Waals surface area contributed by atoms with Crippen molar-refractivity contribution < 1.29 is 28.9 Å². The van der Waals surface area contributed by atoms with Gasteiger partial charge in [0, 0.05) is 24.3 Å². The van der Waals surface area contributed by atoms with E-state index in [0.717, 1.165) is 22.3 Å². The molecule has 0 amide bonds. The molecule has 0 aliphatic rings. The van der Waals surface area contributed by atoms with Gasteiger partial charge in [0.2, 0.25) is 0 Å². The zero-order chi connectivity index (χ0) is 34.4. The van der Waals surface area contributed by atoms with Crippen molar-refractivity contribution in [3.8, 4) is 11.5 Å². The number of esters is 2. The normalized spacial score (nSPS) is 10.9. The first kappa shape index (κ1) is 32.0. The summed E-state index contributed by atoms with van der Waals surface area (Å²) >= 11 is 0. The molecule has 0 aliphatic heterocycles. The largest absolute Gasteiger partial charge is 0.423 e. The molecule has 240 valence electrons. The molecule has 0 heterocycles. The lowest BCUT2D eigenvalue weighted by Crippen LogP contribution is -2.31. The first-order valence-corrected chi connectivity index (χ1v) is 15.0. The average Bonchev–Trinajstić information content (AvgIpc) is 3.14. The fraction of sp³-hybridized carbons (Fsp3) is 0.0256. The first-order valence-electron chi connectivity index (χ1n) is 15.0. The van der Waals surface area contributed by atoms with Crippen LogP contribution >= 0.6 is 0 Å². The van der Waals surface area contributed by atoms with Gasteiger partial charge >= 0.3 is 11.9 Å². The molecule has 0 saturated carbocycles. The Labute approximate surface area is 280 Å². The maximum absolute atomic E-state index is 12.8. The smallest absolute Gasteiger partial charge is 0.343 e. The molecule has 0 atom stereocenters. The number of hydrogen-bond donors (Lipinski definition) is 0. The minimum Gasteiger partial charge on any atom is -0.423 e. The van der Waals surface area contributed by atoms with Crippen LogP contribution in [0.15, 0.2) is 158 Å². The molecule has 49 heavy (non-hydrogen) atoms. The van der Waals surface area contributed by atoms with Crippen molar-refractivity contribution in [2.45, 2.75) is 5.41 Å². The Morgan fingerprint density at radius 2 is 0.735 bits per heavy atom. The van der Waals surface area contributed by atoms with E-state index in [9.17, 15) is 29.8 Å². The van der Waals surface area contributed by atoms with E-state index < -0.39 is 27.2 Å². The molecular weight excluding hydrogens is 624 g/mol. The molecule has 0 spiro atoms. The zero-order valence-electron chi connectivity index (χ0n) is 25.7. The minimum atomic E-state index is -0.857. The second-order valence-electron chi connectivity index (χ2n) is 10.9. The van der Waals surface area contributed by atoms with Gasteiger partial charge in [-0.15, -0.1) is 0 Å². The van der Waals surface area contributed by atoms with E-state index in [0.29, 0.717) is 0 Å². The van der Waals surface area contributed by atoms with Crippen LogP contribution in [0.5, 0.6) is 11.5 Å². The maximum Gasteiger partial charge on any atom is 0.343 e. The Hall–Kier alpha value is -6.94. The third kappa shape index (κ3) is 6.65. The van der Waals surface area contributed by atoms with E-state index in [1.54, 1.807) is 24.3 Å². The van der Waals surface area contributed by atoms with Crippen LogP contribution in [0.4, 0.5) is 11.4 Å². The third-order valence-electron chi connectivity index (χ3n) is 8.04. The number of ether oxygens (including phenoxy) is 2. The van der Waals surface area contributed by atoms with E-state index in [4.69, 9.17) is 9.47 Å². The number of non-ortho nitro benzene ring substituents is 2. The van der Waals surface area contributed by atoms with E-state index >= 15 is 0 Å². The minimum absolute atomic E-state index is 0.130. The second kappa shape index (κ2) is 13.8. The van der Waals surface area contributed by atoms with E-state index in [2.05, 4.69) is 0 Å². The topological polar surface area (TPSA) is 139 Å². The molecule has 0 radical (unpaired) electrons. The van der Waals surface area contributed by atoms with Crippen LogP contribution in [0.2, 0.25) is 0 Å². The van der Waals surface area contributed by atoms with Crippen molar-refractivity contribution in [1.82, 2.24) is 0 Å². The number of nitro benzene ring substituents is 2. The molecule has 0 unspecified atom stereocenters. The molecule has 10 heteroatoms. The van der Waals surface area contributed by atoms with Gasteiger partial charge in [0.15, 0.2) is 0 Å². The van der Waals surface area contributed by atoms with Crippen molar-refractivity contribution in [1.29, 1.82) is 0 Å². The second-order valence-corrected chi connectivity index (χ2v) is 10.9. The Morgan fingerprint density at radius 1 is 0.429 bits per heavy atom.